The molecule has 1 aromatic rings. The van der Waals surface area contributed by atoms with Crippen molar-refractivity contribution in [1.82, 2.24) is 10.2 Å². The van der Waals surface area contributed by atoms with E-state index in [1.54, 1.807) is 30.8 Å². The standard InChI is InChI=1S/C9H13N3O3/c1-7-3-2-5-12(9(7)14)6-4-8(13)15-11-10/h2-3,5,11H,4,6,10H2,1H3. The van der Waals surface area contributed by atoms with Gasteiger partial charge in [-0.2, -0.15) is 0 Å². The lowest BCUT2D eigenvalue weighted by Gasteiger charge is -2.05. The van der Waals surface area contributed by atoms with Crippen molar-refractivity contribution in [1.29, 1.82) is 0 Å². The molecular formula is C9H13N3O3. The van der Waals surface area contributed by atoms with E-state index < -0.39 is 5.97 Å². The van der Waals surface area contributed by atoms with Crippen LogP contribution in [-0.4, -0.2) is 10.5 Å². The third kappa shape index (κ3) is 3.19. The highest BCUT2D eigenvalue weighted by molar-refractivity contribution is 5.68. The molecule has 6 heteroatoms. The van der Waals surface area contributed by atoms with Gasteiger partial charge in [-0.15, -0.1) is 0 Å². The Balaban J connectivity index is 2.62. The lowest BCUT2D eigenvalue weighted by Crippen LogP contribution is -2.28. The van der Waals surface area contributed by atoms with Crippen LogP contribution in [0.5, 0.6) is 0 Å². The zero-order chi connectivity index (χ0) is 11.3. The zero-order valence-electron chi connectivity index (χ0n) is 8.40. The van der Waals surface area contributed by atoms with E-state index in [1.807, 2.05) is 0 Å². The maximum absolute atomic E-state index is 11.5. The molecule has 0 aliphatic heterocycles. The summed E-state index contributed by atoms with van der Waals surface area (Å²) in [6.45, 7) is 2.00. The summed E-state index contributed by atoms with van der Waals surface area (Å²) in [6, 6.07) is 3.47. The Bertz CT molecular complexity index is 400. The minimum atomic E-state index is -0.508. The molecule has 0 aliphatic rings. The van der Waals surface area contributed by atoms with Crippen LogP contribution in [0.3, 0.4) is 0 Å². The third-order valence-electron chi connectivity index (χ3n) is 1.94. The van der Waals surface area contributed by atoms with E-state index in [-0.39, 0.29) is 18.5 Å². The van der Waals surface area contributed by atoms with E-state index in [9.17, 15) is 9.59 Å². The molecule has 0 bridgehead atoms. The molecule has 1 aromatic heterocycles. The van der Waals surface area contributed by atoms with Crippen LogP contribution in [0, 0.1) is 6.92 Å². The molecule has 0 atom stereocenters. The van der Waals surface area contributed by atoms with Crippen LogP contribution < -0.4 is 17.0 Å². The van der Waals surface area contributed by atoms with Crippen molar-refractivity contribution in [3.8, 4) is 0 Å². The monoisotopic (exact) mass is 211 g/mol. The number of carbonyl (C=O) groups is 1. The van der Waals surface area contributed by atoms with Crippen LogP contribution in [0.15, 0.2) is 23.1 Å². The van der Waals surface area contributed by atoms with Crippen LogP contribution in [-0.2, 0) is 16.2 Å². The van der Waals surface area contributed by atoms with Gasteiger partial charge in [0.25, 0.3) is 5.56 Å². The van der Waals surface area contributed by atoms with Gasteiger partial charge in [-0.05, 0) is 13.0 Å². The van der Waals surface area contributed by atoms with Crippen LogP contribution in [0.25, 0.3) is 0 Å². The number of nitrogens with zero attached hydrogens (tertiary/aromatic N) is 1. The second-order valence-corrected chi connectivity index (χ2v) is 3.03. The summed E-state index contributed by atoms with van der Waals surface area (Å²) < 4.78 is 1.45. The quantitative estimate of drug-likeness (QED) is 0.516. The third-order valence-corrected chi connectivity index (χ3v) is 1.94. The van der Waals surface area contributed by atoms with E-state index in [0.29, 0.717) is 5.56 Å². The average Bonchev–Trinajstić information content (AvgIpc) is 2.21. The van der Waals surface area contributed by atoms with Crippen molar-refractivity contribution in [2.24, 2.45) is 5.84 Å². The number of hydrogen-bond acceptors (Lipinski definition) is 5. The Kier molecular flexibility index (Phi) is 4.02. The van der Waals surface area contributed by atoms with E-state index in [2.05, 4.69) is 4.84 Å². The highest BCUT2D eigenvalue weighted by Gasteiger charge is 2.04. The topological polar surface area (TPSA) is 86.3 Å². The summed E-state index contributed by atoms with van der Waals surface area (Å²) in [5.41, 5.74) is 2.33. The van der Waals surface area contributed by atoms with Gasteiger partial charge in [0, 0.05) is 18.3 Å². The molecule has 3 N–H and O–H groups in total. The molecule has 6 nitrogen and oxygen atoms in total. The van der Waals surface area contributed by atoms with Gasteiger partial charge in [-0.1, -0.05) is 11.7 Å². The van der Waals surface area contributed by atoms with Gasteiger partial charge in [0.2, 0.25) is 0 Å². The molecule has 1 rings (SSSR count). The second kappa shape index (κ2) is 5.28. The molecule has 0 radical (unpaired) electrons. The lowest BCUT2D eigenvalue weighted by molar-refractivity contribution is -0.151. The summed E-state index contributed by atoms with van der Waals surface area (Å²) in [5.74, 6) is 4.28. The highest BCUT2D eigenvalue weighted by Crippen LogP contribution is 1.92. The smallest absolute Gasteiger partial charge is 0.328 e. The van der Waals surface area contributed by atoms with Gasteiger partial charge in [0.05, 0.1) is 6.42 Å². The molecule has 82 valence electrons. The Morgan fingerprint density at radius 3 is 3.07 bits per heavy atom. The Morgan fingerprint density at radius 1 is 1.67 bits per heavy atom. The number of nitrogens with one attached hydrogen (secondary N) is 1. The van der Waals surface area contributed by atoms with Gasteiger partial charge in [0.15, 0.2) is 0 Å². The van der Waals surface area contributed by atoms with E-state index in [1.165, 1.54) is 4.57 Å². The maximum atomic E-state index is 11.5. The van der Waals surface area contributed by atoms with Gasteiger partial charge in [0.1, 0.15) is 0 Å². The molecule has 0 aromatic carbocycles. The summed E-state index contributed by atoms with van der Waals surface area (Å²) in [5, 5.41) is 0. The summed E-state index contributed by atoms with van der Waals surface area (Å²) in [6.07, 6.45) is 1.71. The normalized spacial score (nSPS) is 10.0. The predicted octanol–water partition coefficient (Wildman–Crippen LogP) is -0.532. The molecule has 0 spiro atoms. The number of aryl methyl sites for hydroxylation is 2. The fraction of sp³-hybridized carbons (Fsp3) is 0.333. The minimum Gasteiger partial charge on any atom is -0.356 e. The summed E-state index contributed by atoms with van der Waals surface area (Å²) in [7, 11) is 0. The first-order chi connectivity index (χ1) is 7.15. The molecule has 0 saturated carbocycles. The minimum absolute atomic E-state index is 0.0908. The Morgan fingerprint density at radius 2 is 2.40 bits per heavy atom. The Hall–Kier alpha value is -1.66. The van der Waals surface area contributed by atoms with Crippen molar-refractivity contribution >= 4 is 5.97 Å². The number of rotatable bonds is 4. The van der Waals surface area contributed by atoms with E-state index in [4.69, 9.17) is 5.84 Å². The molecular weight excluding hydrogens is 198 g/mol. The van der Waals surface area contributed by atoms with Crippen molar-refractivity contribution in [3.05, 3.63) is 34.2 Å². The molecule has 1 heterocycles. The lowest BCUT2D eigenvalue weighted by atomic mass is 10.3. The second-order valence-electron chi connectivity index (χ2n) is 3.03. The number of carbonyl (C=O) groups excluding carboxylic acids is 1. The van der Waals surface area contributed by atoms with Crippen molar-refractivity contribution in [3.63, 3.8) is 0 Å². The van der Waals surface area contributed by atoms with Gasteiger partial charge in [-0.3, -0.25) is 9.59 Å². The molecule has 0 fully saturated rings. The fourth-order valence-electron chi connectivity index (χ4n) is 1.16. The molecule has 0 aliphatic carbocycles. The van der Waals surface area contributed by atoms with E-state index >= 15 is 0 Å². The number of pyridine rings is 1. The van der Waals surface area contributed by atoms with Crippen LogP contribution in [0.1, 0.15) is 12.0 Å². The zero-order valence-corrected chi connectivity index (χ0v) is 8.40. The largest absolute Gasteiger partial charge is 0.356 e. The predicted molar refractivity (Wildman–Crippen MR) is 53.5 cm³/mol. The van der Waals surface area contributed by atoms with Gasteiger partial charge < -0.3 is 9.40 Å². The van der Waals surface area contributed by atoms with Crippen LogP contribution in [0.4, 0.5) is 0 Å². The van der Waals surface area contributed by atoms with Crippen molar-refractivity contribution in [2.45, 2.75) is 19.9 Å². The SMILES string of the molecule is Cc1cccn(CCC(=O)ONN)c1=O. The summed E-state index contributed by atoms with van der Waals surface area (Å²) in [4.78, 5) is 26.7. The van der Waals surface area contributed by atoms with Crippen LogP contribution in [0.2, 0.25) is 0 Å². The van der Waals surface area contributed by atoms with Gasteiger partial charge >= 0.3 is 5.97 Å². The first-order valence-corrected chi connectivity index (χ1v) is 4.46. The number of nitrogens with two attached hydrogens (primary N) is 1. The molecule has 0 amide bonds. The number of hydrogen-bond donors (Lipinski definition) is 2. The highest BCUT2D eigenvalue weighted by atomic mass is 16.7. The first kappa shape index (κ1) is 11.4. The maximum Gasteiger partial charge on any atom is 0.328 e. The first-order valence-electron chi connectivity index (χ1n) is 4.46. The number of hydrazine groups is 1. The molecule has 15 heavy (non-hydrogen) atoms. The summed E-state index contributed by atoms with van der Waals surface area (Å²) >= 11 is 0. The fourth-order valence-corrected chi connectivity index (χ4v) is 1.16. The van der Waals surface area contributed by atoms with E-state index in [0.717, 1.165) is 0 Å². The Labute approximate surface area is 86.6 Å². The average molecular weight is 211 g/mol. The van der Waals surface area contributed by atoms with Crippen molar-refractivity contribution in [2.75, 3.05) is 0 Å². The number of aromatic nitrogens is 1. The van der Waals surface area contributed by atoms with Crippen molar-refractivity contribution < 1.29 is 9.63 Å². The molecule has 0 unspecified atom stereocenters. The van der Waals surface area contributed by atoms with Crippen LogP contribution >= 0.6 is 0 Å². The molecule has 0 saturated heterocycles. The van der Waals surface area contributed by atoms with Gasteiger partial charge in [-0.25, -0.2) is 5.84 Å².